The van der Waals surface area contributed by atoms with Gasteiger partial charge in [0.15, 0.2) is 0 Å². The molecule has 3 aliphatic carbocycles. The summed E-state index contributed by atoms with van der Waals surface area (Å²) in [5, 5.41) is 0. The van der Waals surface area contributed by atoms with Crippen molar-refractivity contribution in [1.82, 2.24) is 0 Å². The maximum atomic E-state index is 4.46. The molecule has 3 aliphatic rings. The van der Waals surface area contributed by atoms with E-state index in [1.807, 2.05) is 0 Å². The molecule has 0 N–H and O–H groups in total. The Morgan fingerprint density at radius 1 is 1.14 bits per heavy atom. The minimum absolute atomic E-state index is 0.479. The van der Waals surface area contributed by atoms with Gasteiger partial charge in [-0.3, -0.25) is 0 Å². The van der Waals surface area contributed by atoms with Crippen molar-refractivity contribution in [2.75, 3.05) is 0 Å². The SMILES string of the molecule is C=C1CCC2C3CC(C)C(CCCC)C(C)(C)C3CCC12C. The van der Waals surface area contributed by atoms with E-state index in [0.29, 0.717) is 10.8 Å². The molecule has 0 amide bonds. The number of rotatable bonds is 3. The molecular formula is C22H38. The minimum atomic E-state index is 0.479. The van der Waals surface area contributed by atoms with Gasteiger partial charge in [-0.05, 0) is 78.9 Å². The summed E-state index contributed by atoms with van der Waals surface area (Å²) in [6.45, 7) is 17.2. The van der Waals surface area contributed by atoms with Gasteiger partial charge in [-0.1, -0.05) is 59.6 Å². The van der Waals surface area contributed by atoms with Crippen molar-refractivity contribution in [3.8, 4) is 0 Å². The highest BCUT2D eigenvalue weighted by Gasteiger charge is 2.57. The normalized spacial score (nSPS) is 47.1. The van der Waals surface area contributed by atoms with Crippen molar-refractivity contribution in [3.63, 3.8) is 0 Å². The highest BCUT2D eigenvalue weighted by atomic mass is 14.6. The van der Waals surface area contributed by atoms with Gasteiger partial charge in [0.05, 0.1) is 0 Å². The summed E-state index contributed by atoms with van der Waals surface area (Å²) < 4.78 is 0. The molecule has 0 aromatic carbocycles. The highest BCUT2D eigenvalue weighted by Crippen LogP contribution is 2.66. The van der Waals surface area contributed by atoms with Crippen LogP contribution in [0.15, 0.2) is 12.2 Å². The van der Waals surface area contributed by atoms with Crippen LogP contribution < -0.4 is 0 Å². The quantitative estimate of drug-likeness (QED) is 0.500. The first kappa shape index (κ1) is 16.6. The third kappa shape index (κ3) is 2.31. The molecule has 0 bridgehead atoms. The standard InChI is InChI=1S/C22H38/c1-7-8-9-18-15(2)14-17-19(21(18,4)5)12-13-22(6)16(3)10-11-20(17)22/h15,17-20H,3,7-14H2,1-2,4-6H3. The van der Waals surface area contributed by atoms with Crippen LogP contribution in [0.2, 0.25) is 0 Å². The summed E-state index contributed by atoms with van der Waals surface area (Å²) in [5.41, 5.74) is 2.60. The molecule has 0 radical (unpaired) electrons. The van der Waals surface area contributed by atoms with Crippen molar-refractivity contribution >= 4 is 0 Å². The van der Waals surface area contributed by atoms with Gasteiger partial charge < -0.3 is 0 Å². The van der Waals surface area contributed by atoms with E-state index < -0.39 is 0 Å². The Morgan fingerprint density at radius 3 is 2.55 bits per heavy atom. The second-order valence-corrected chi connectivity index (χ2v) is 9.76. The third-order valence-corrected chi connectivity index (χ3v) is 8.50. The predicted octanol–water partition coefficient (Wildman–Crippen LogP) is 6.86. The van der Waals surface area contributed by atoms with E-state index in [4.69, 9.17) is 0 Å². The van der Waals surface area contributed by atoms with Gasteiger partial charge >= 0.3 is 0 Å². The van der Waals surface area contributed by atoms with Crippen molar-refractivity contribution in [2.45, 2.75) is 86.0 Å². The third-order valence-electron chi connectivity index (χ3n) is 8.50. The van der Waals surface area contributed by atoms with E-state index in [0.717, 1.165) is 29.6 Å². The van der Waals surface area contributed by atoms with Crippen LogP contribution in [0.5, 0.6) is 0 Å². The van der Waals surface area contributed by atoms with E-state index >= 15 is 0 Å². The molecule has 0 nitrogen and oxygen atoms in total. The lowest BCUT2D eigenvalue weighted by molar-refractivity contribution is -0.0967. The Labute approximate surface area is 139 Å². The zero-order valence-electron chi connectivity index (χ0n) is 15.8. The first-order valence-electron chi connectivity index (χ1n) is 10.0. The summed E-state index contributed by atoms with van der Waals surface area (Å²) in [4.78, 5) is 0. The minimum Gasteiger partial charge on any atom is -0.0993 e. The van der Waals surface area contributed by atoms with Crippen LogP contribution in [0.4, 0.5) is 0 Å². The number of unbranched alkanes of at least 4 members (excludes halogenated alkanes) is 1. The summed E-state index contributed by atoms with van der Waals surface area (Å²) in [6, 6.07) is 0. The number of allylic oxidation sites excluding steroid dienone is 1. The van der Waals surface area contributed by atoms with Crippen LogP contribution in [0.3, 0.4) is 0 Å². The van der Waals surface area contributed by atoms with Crippen molar-refractivity contribution in [2.24, 2.45) is 40.4 Å². The largest absolute Gasteiger partial charge is 0.0993 e. The van der Waals surface area contributed by atoms with Gasteiger partial charge in [-0.2, -0.15) is 0 Å². The number of hydrogen-bond acceptors (Lipinski definition) is 0. The fourth-order valence-electron chi connectivity index (χ4n) is 7.13. The second-order valence-electron chi connectivity index (χ2n) is 9.76. The van der Waals surface area contributed by atoms with Crippen molar-refractivity contribution in [1.29, 1.82) is 0 Å². The van der Waals surface area contributed by atoms with E-state index in [1.165, 1.54) is 51.4 Å². The molecule has 0 heterocycles. The lowest BCUT2D eigenvalue weighted by atomic mass is 9.45. The topological polar surface area (TPSA) is 0 Å². The van der Waals surface area contributed by atoms with Crippen molar-refractivity contribution < 1.29 is 0 Å². The molecule has 3 rings (SSSR count). The highest BCUT2D eigenvalue weighted by molar-refractivity contribution is 5.21. The summed E-state index contributed by atoms with van der Waals surface area (Å²) >= 11 is 0. The van der Waals surface area contributed by atoms with E-state index in [1.54, 1.807) is 5.57 Å². The molecular weight excluding hydrogens is 264 g/mol. The van der Waals surface area contributed by atoms with Crippen LogP contribution in [0.25, 0.3) is 0 Å². The van der Waals surface area contributed by atoms with Crippen LogP contribution >= 0.6 is 0 Å². The molecule has 0 aliphatic heterocycles. The fraction of sp³-hybridized carbons (Fsp3) is 0.909. The number of fused-ring (bicyclic) bond motifs is 3. The van der Waals surface area contributed by atoms with Crippen molar-refractivity contribution in [3.05, 3.63) is 12.2 Å². The maximum Gasteiger partial charge on any atom is -0.00879 e. The molecule has 3 saturated carbocycles. The molecule has 22 heavy (non-hydrogen) atoms. The summed E-state index contributed by atoms with van der Waals surface area (Å²) in [7, 11) is 0. The van der Waals surface area contributed by atoms with Gasteiger partial charge in [-0.25, -0.2) is 0 Å². The molecule has 6 atom stereocenters. The fourth-order valence-corrected chi connectivity index (χ4v) is 7.13. The average molecular weight is 303 g/mol. The van der Waals surface area contributed by atoms with E-state index in [9.17, 15) is 0 Å². The summed E-state index contributed by atoms with van der Waals surface area (Å²) in [6.07, 6.45) is 11.3. The zero-order chi connectivity index (χ0) is 16.1. The van der Waals surface area contributed by atoms with Gasteiger partial charge in [0, 0.05) is 0 Å². The first-order valence-corrected chi connectivity index (χ1v) is 10.0. The van der Waals surface area contributed by atoms with Gasteiger partial charge in [0.2, 0.25) is 0 Å². The zero-order valence-corrected chi connectivity index (χ0v) is 15.8. The molecule has 126 valence electrons. The van der Waals surface area contributed by atoms with Crippen LogP contribution in [-0.4, -0.2) is 0 Å². The van der Waals surface area contributed by atoms with Crippen LogP contribution in [-0.2, 0) is 0 Å². The molecule has 0 heteroatoms. The molecule has 0 aromatic rings. The average Bonchev–Trinajstić information content (AvgIpc) is 2.74. The summed E-state index contributed by atoms with van der Waals surface area (Å²) in [5.74, 6) is 4.74. The lowest BCUT2D eigenvalue weighted by Gasteiger charge is -2.59. The van der Waals surface area contributed by atoms with Crippen LogP contribution in [0.1, 0.15) is 86.0 Å². The van der Waals surface area contributed by atoms with Gasteiger partial charge in [-0.15, -0.1) is 0 Å². The lowest BCUT2D eigenvalue weighted by Crippen LogP contribution is -2.52. The maximum absolute atomic E-state index is 4.46. The second kappa shape index (κ2) is 5.67. The van der Waals surface area contributed by atoms with Gasteiger partial charge in [0.25, 0.3) is 0 Å². The number of hydrogen-bond donors (Lipinski definition) is 0. The predicted molar refractivity (Wildman–Crippen MR) is 96.8 cm³/mol. The Bertz CT molecular complexity index is 431. The van der Waals surface area contributed by atoms with E-state index in [-0.39, 0.29) is 0 Å². The first-order chi connectivity index (χ1) is 10.3. The Balaban J connectivity index is 1.86. The van der Waals surface area contributed by atoms with Gasteiger partial charge in [0.1, 0.15) is 0 Å². The molecule has 3 fully saturated rings. The Kier molecular flexibility index (Phi) is 4.28. The molecule has 0 saturated heterocycles. The Morgan fingerprint density at radius 2 is 1.86 bits per heavy atom. The Hall–Kier alpha value is -0.260. The molecule has 0 aromatic heterocycles. The van der Waals surface area contributed by atoms with E-state index in [2.05, 4.69) is 41.2 Å². The van der Waals surface area contributed by atoms with Crippen LogP contribution in [0, 0.1) is 40.4 Å². The molecule has 6 unspecified atom stereocenters. The monoisotopic (exact) mass is 302 g/mol. The molecule has 0 spiro atoms. The smallest absolute Gasteiger partial charge is 0.00879 e.